The molecular formula is C27H21ClFN5O2. The highest BCUT2D eigenvalue weighted by atomic mass is 35.5. The molecule has 1 amide bonds. The topological polar surface area (TPSA) is 85.8 Å². The van der Waals surface area contributed by atoms with Crippen molar-refractivity contribution in [2.45, 2.75) is 13.3 Å². The quantitative estimate of drug-likeness (QED) is 0.304. The molecule has 180 valence electrons. The SMILES string of the molecule is Cc1ccc(-c2ccnc(-c3c(-c4ccc(F)cc4)noc3NC(=O)Cc3ccccc3Cl)n2)n1C. The molecule has 2 aromatic carbocycles. The second kappa shape index (κ2) is 9.75. The minimum atomic E-state index is -0.380. The Morgan fingerprint density at radius 3 is 2.58 bits per heavy atom. The number of halogens is 2. The second-order valence-corrected chi connectivity index (χ2v) is 8.65. The van der Waals surface area contributed by atoms with E-state index in [0.717, 1.165) is 11.4 Å². The molecule has 3 heterocycles. The first-order chi connectivity index (χ1) is 17.4. The molecule has 0 aliphatic rings. The zero-order valence-corrected chi connectivity index (χ0v) is 20.3. The molecule has 0 aliphatic carbocycles. The summed E-state index contributed by atoms with van der Waals surface area (Å²) in [5.41, 5.74) is 4.70. The van der Waals surface area contributed by atoms with E-state index in [1.54, 1.807) is 42.6 Å². The number of rotatable bonds is 6. The van der Waals surface area contributed by atoms with Crippen molar-refractivity contribution in [3.8, 4) is 34.0 Å². The van der Waals surface area contributed by atoms with Gasteiger partial charge in [0.25, 0.3) is 0 Å². The zero-order chi connectivity index (χ0) is 25.2. The summed E-state index contributed by atoms with van der Waals surface area (Å²) in [5, 5.41) is 7.44. The van der Waals surface area contributed by atoms with Crippen LogP contribution in [-0.4, -0.2) is 25.6 Å². The van der Waals surface area contributed by atoms with Gasteiger partial charge in [-0.1, -0.05) is 35.0 Å². The standard InChI is InChI=1S/C27H21ClFN5O2/c1-16-7-12-22(34(16)2)21-13-14-30-26(31-21)24-25(17-8-10-19(29)11-9-17)33-36-27(24)32-23(35)15-18-5-3-4-6-20(18)28/h3-14H,15H2,1-2H3,(H,32,35). The number of aryl methyl sites for hydroxylation is 1. The van der Waals surface area contributed by atoms with Crippen LogP contribution < -0.4 is 5.32 Å². The molecule has 0 saturated carbocycles. The number of hydrogen-bond acceptors (Lipinski definition) is 5. The third-order valence-electron chi connectivity index (χ3n) is 5.89. The second-order valence-electron chi connectivity index (χ2n) is 8.24. The Morgan fingerprint density at radius 2 is 1.86 bits per heavy atom. The van der Waals surface area contributed by atoms with E-state index in [0.29, 0.717) is 38.9 Å². The van der Waals surface area contributed by atoms with Gasteiger partial charge in [0, 0.05) is 29.5 Å². The summed E-state index contributed by atoms with van der Waals surface area (Å²) in [4.78, 5) is 22.1. The van der Waals surface area contributed by atoms with E-state index in [1.807, 2.05) is 36.7 Å². The molecule has 36 heavy (non-hydrogen) atoms. The van der Waals surface area contributed by atoms with Crippen molar-refractivity contribution in [3.63, 3.8) is 0 Å². The van der Waals surface area contributed by atoms with Gasteiger partial charge in [-0.2, -0.15) is 0 Å². The van der Waals surface area contributed by atoms with Crippen LogP contribution in [0.15, 0.2) is 77.4 Å². The summed E-state index contributed by atoms with van der Waals surface area (Å²) in [5.74, 6) is -0.332. The van der Waals surface area contributed by atoms with E-state index in [-0.39, 0.29) is 24.0 Å². The summed E-state index contributed by atoms with van der Waals surface area (Å²) in [7, 11) is 1.95. The number of benzene rings is 2. The first-order valence-electron chi connectivity index (χ1n) is 11.2. The van der Waals surface area contributed by atoms with Gasteiger partial charge in [0.1, 0.15) is 17.1 Å². The number of nitrogens with zero attached hydrogens (tertiary/aromatic N) is 4. The van der Waals surface area contributed by atoms with E-state index in [9.17, 15) is 9.18 Å². The molecule has 9 heteroatoms. The summed E-state index contributed by atoms with van der Waals surface area (Å²) < 4.78 is 21.2. The van der Waals surface area contributed by atoms with Gasteiger partial charge < -0.3 is 9.09 Å². The highest BCUT2D eigenvalue weighted by Crippen LogP contribution is 2.37. The molecule has 1 N–H and O–H groups in total. The number of aromatic nitrogens is 4. The average molecular weight is 502 g/mol. The van der Waals surface area contributed by atoms with Gasteiger partial charge in [0.2, 0.25) is 11.8 Å². The number of carbonyl (C=O) groups excluding carboxylic acids is 1. The van der Waals surface area contributed by atoms with E-state index in [2.05, 4.69) is 15.5 Å². The van der Waals surface area contributed by atoms with Crippen LogP contribution in [0.25, 0.3) is 34.0 Å². The Bertz CT molecular complexity index is 1560. The summed E-state index contributed by atoms with van der Waals surface area (Å²) >= 11 is 6.22. The van der Waals surface area contributed by atoms with Gasteiger partial charge in [-0.25, -0.2) is 14.4 Å². The number of anilines is 1. The fraction of sp³-hybridized carbons (Fsp3) is 0.111. The molecule has 0 aliphatic heterocycles. The number of hydrogen-bond donors (Lipinski definition) is 1. The van der Waals surface area contributed by atoms with Gasteiger partial charge in [0.05, 0.1) is 17.8 Å². The molecule has 0 spiro atoms. The van der Waals surface area contributed by atoms with Crippen LogP contribution >= 0.6 is 11.6 Å². The van der Waals surface area contributed by atoms with E-state index in [4.69, 9.17) is 21.1 Å². The van der Waals surface area contributed by atoms with E-state index in [1.165, 1.54) is 12.1 Å². The fourth-order valence-corrected chi connectivity index (χ4v) is 4.07. The largest absolute Gasteiger partial charge is 0.347 e. The van der Waals surface area contributed by atoms with Crippen molar-refractivity contribution in [1.82, 2.24) is 19.7 Å². The minimum Gasteiger partial charge on any atom is -0.347 e. The van der Waals surface area contributed by atoms with Crippen molar-refractivity contribution < 1.29 is 13.7 Å². The molecule has 3 aromatic heterocycles. The third-order valence-corrected chi connectivity index (χ3v) is 6.25. The maximum absolute atomic E-state index is 13.6. The summed E-state index contributed by atoms with van der Waals surface area (Å²) in [6.45, 7) is 2.00. The van der Waals surface area contributed by atoms with Crippen molar-refractivity contribution >= 4 is 23.4 Å². The third kappa shape index (κ3) is 4.63. The number of nitrogens with one attached hydrogen (secondary N) is 1. The molecule has 5 aromatic rings. The van der Waals surface area contributed by atoms with Crippen LogP contribution in [0, 0.1) is 12.7 Å². The predicted molar refractivity (Wildman–Crippen MR) is 136 cm³/mol. The monoisotopic (exact) mass is 501 g/mol. The van der Waals surface area contributed by atoms with Crippen LogP contribution in [0.1, 0.15) is 11.3 Å². The maximum atomic E-state index is 13.6. The van der Waals surface area contributed by atoms with Crippen LogP contribution in [0.5, 0.6) is 0 Å². The van der Waals surface area contributed by atoms with Crippen LogP contribution in [0.3, 0.4) is 0 Å². The Balaban J connectivity index is 1.57. The predicted octanol–water partition coefficient (Wildman–Crippen LogP) is 6.09. The smallest absolute Gasteiger partial charge is 0.243 e. The molecule has 0 fully saturated rings. The minimum absolute atomic E-state index is 0.0369. The van der Waals surface area contributed by atoms with Crippen LogP contribution in [-0.2, 0) is 18.3 Å². The van der Waals surface area contributed by atoms with Crippen molar-refractivity contribution in [2.75, 3.05) is 5.32 Å². The number of amides is 1. The van der Waals surface area contributed by atoms with Crippen LogP contribution in [0.2, 0.25) is 5.02 Å². The summed E-state index contributed by atoms with van der Waals surface area (Å²) in [6.07, 6.45) is 1.67. The van der Waals surface area contributed by atoms with Crippen molar-refractivity contribution in [1.29, 1.82) is 0 Å². The van der Waals surface area contributed by atoms with Gasteiger partial charge in [0.15, 0.2) is 5.82 Å². The maximum Gasteiger partial charge on any atom is 0.243 e. The van der Waals surface area contributed by atoms with Crippen molar-refractivity contribution in [2.24, 2.45) is 7.05 Å². The molecule has 0 atom stereocenters. The Hall–Kier alpha value is -4.30. The normalized spacial score (nSPS) is 11.0. The highest BCUT2D eigenvalue weighted by molar-refractivity contribution is 6.31. The fourth-order valence-electron chi connectivity index (χ4n) is 3.87. The molecule has 5 rings (SSSR count). The molecule has 0 unspecified atom stereocenters. The van der Waals surface area contributed by atoms with Gasteiger partial charge in [-0.3, -0.25) is 10.1 Å². The van der Waals surface area contributed by atoms with E-state index >= 15 is 0 Å². The lowest BCUT2D eigenvalue weighted by Crippen LogP contribution is -2.15. The molecule has 0 bridgehead atoms. The first kappa shape index (κ1) is 23.4. The van der Waals surface area contributed by atoms with Gasteiger partial charge in [-0.05, 0) is 61.0 Å². The lowest BCUT2D eigenvalue weighted by atomic mass is 10.1. The Labute approximate surface area is 211 Å². The molecular weight excluding hydrogens is 481 g/mol. The Kier molecular flexibility index (Phi) is 6.35. The van der Waals surface area contributed by atoms with E-state index < -0.39 is 0 Å². The highest BCUT2D eigenvalue weighted by Gasteiger charge is 2.24. The molecule has 0 radical (unpaired) electrons. The van der Waals surface area contributed by atoms with Crippen molar-refractivity contribution in [3.05, 3.63) is 95.0 Å². The Morgan fingerprint density at radius 1 is 1.08 bits per heavy atom. The summed E-state index contributed by atoms with van der Waals surface area (Å²) in [6, 6.07) is 18.7. The lowest BCUT2D eigenvalue weighted by Gasteiger charge is -2.09. The first-order valence-corrected chi connectivity index (χ1v) is 11.5. The van der Waals surface area contributed by atoms with Gasteiger partial charge >= 0.3 is 0 Å². The average Bonchev–Trinajstić information content (AvgIpc) is 3.44. The molecule has 0 saturated heterocycles. The van der Waals surface area contributed by atoms with Gasteiger partial charge in [-0.15, -0.1) is 0 Å². The zero-order valence-electron chi connectivity index (χ0n) is 19.5. The lowest BCUT2D eigenvalue weighted by molar-refractivity contribution is -0.115. The number of carbonyl (C=O) groups is 1. The van der Waals surface area contributed by atoms with Crippen LogP contribution in [0.4, 0.5) is 10.3 Å². The molecule has 7 nitrogen and oxygen atoms in total.